The monoisotopic (exact) mass is 681 g/mol. The van der Waals surface area contributed by atoms with Crippen LogP contribution in [0.3, 0.4) is 0 Å². The van der Waals surface area contributed by atoms with Crippen LogP contribution >= 0.6 is 22.7 Å². The molecule has 0 fully saturated rings. The van der Waals surface area contributed by atoms with Gasteiger partial charge in [-0.25, -0.2) is 0 Å². The minimum Gasteiger partial charge on any atom is -0.304 e. The Hall–Kier alpha value is -4.95. The summed E-state index contributed by atoms with van der Waals surface area (Å²) < 4.78 is 0. The number of hydrogen-bond donors (Lipinski definition) is 4. The van der Waals surface area contributed by atoms with E-state index in [2.05, 4.69) is 70.1 Å². The average molecular weight is 682 g/mol. The Balaban J connectivity index is 0.000000180. The zero-order valence-corrected chi connectivity index (χ0v) is 26.4. The number of anilines is 2. The maximum atomic E-state index is 12.2. The number of nitrogens with one attached hydrogen (secondary N) is 4. The number of benzene rings is 1. The number of aromatic nitrogens is 5. The Bertz CT molecular complexity index is 1760. The highest BCUT2D eigenvalue weighted by Crippen LogP contribution is 2.30. The number of rotatable bonds is 8. The quantitative estimate of drug-likeness (QED) is 0.134. The topological polar surface area (TPSA) is 135 Å². The summed E-state index contributed by atoms with van der Waals surface area (Å²) in [6, 6.07) is 23.7. The highest BCUT2D eigenvalue weighted by Gasteiger charge is 2.27. The maximum absolute atomic E-state index is 12.2. The molecule has 8 rings (SSSR count). The fourth-order valence-electron chi connectivity index (χ4n) is 5.56. The Labute approximate surface area is 288 Å². The largest absolute Gasteiger partial charge is 0.304 e. The fourth-order valence-corrected chi connectivity index (χ4v) is 6.80. The molecule has 0 aliphatic carbocycles. The van der Waals surface area contributed by atoms with Crippen LogP contribution in [0.15, 0.2) is 89.8 Å². The zero-order valence-electron chi connectivity index (χ0n) is 24.8. The van der Waals surface area contributed by atoms with Crippen molar-refractivity contribution in [3.63, 3.8) is 0 Å². The van der Waals surface area contributed by atoms with Crippen molar-refractivity contribution in [2.45, 2.75) is 54.1 Å². The summed E-state index contributed by atoms with van der Waals surface area (Å²) in [4.78, 5) is 34.7. The second-order valence-corrected chi connectivity index (χ2v) is 12.9. The molecule has 48 heavy (non-hydrogen) atoms. The molecule has 0 atom stereocenters. The van der Waals surface area contributed by atoms with E-state index in [-0.39, 0.29) is 26.7 Å². The summed E-state index contributed by atoms with van der Waals surface area (Å²) in [7, 11) is 0. The number of fused-ring (bicyclic) bond motifs is 2. The van der Waals surface area contributed by atoms with Gasteiger partial charge in [0.2, 0.25) is 0 Å². The molecule has 2 amide bonds. The van der Waals surface area contributed by atoms with Crippen LogP contribution in [-0.4, -0.2) is 47.0 Å². The van der Waals surface area contributed by atoms with Crippen LogP contribution in [0.5, 0.6) is 0 Å². The van der Waals surface area contributed by atoms with Crippen molar-refractivity contribution in [3.8, 4) is 0 Å². The second-order valence-electron chi connectivity index (χ2n) is 11.0. The maximum Gasteiger partial charge on any atom is 0.266 e. The normalized spacial score (nSPS) is 13.3. The molecular formula is C35H39N9O2S2. The molecule has 248 valence electrons. The van der Waals surface area contributed by atoms with Crippen molar-refractivity contribution in [1.82, 2.24) is 35.2 Å². The van der Waals surface area contributed by atoms with Gasteiger partial charge in [-0.2, -0.15) is 10.2 Å². The van der Waals surface area contributed by atoms with E-state index < -0.39 is 0 Å². The molecule has 7 heterocycles. The molecule has 5 aromatic heterocycles. The summed E-state index contributed by atoms with van der Waals surface area (Å²) >= 11 is 2.85. The van der Waals surface area contributed by atoms with Gasteiger partial charge in [0.1, 0.15) is 0 Å². The third-order valence-corrected chi connectivity index (χ3v) is 9.48. The Kier molecular flexibility index (Phi) is 11.3. The van der Waals surface area contributed by atoms with Gasteiger partial charge in [-0.05, 0) is 40.6 Å². The Morgan fingerprint density at radius 3 is 1.71 bits per heavy atom. The summed E-state index contributed by atoms with van der Waals surface area (Å²) in [6.45, 7) is 4.83. The number of hydrogen-bond acceptors (Lipinski definition) is 9. The van der Waals surface area contributed by atoms with Gasteiger partial charge in [0.05, 0.1) is 26.8 Å². The van der Waals surface area contributed by atoms with Crippen LogP contribution in [0, 0.1) is 0 Å². The Morgan fingerprint density at radius 1 is 0.667 bits per heavy atom. The van der Waals surface area contributed by atoms with Crippen LogP contribution in [0.4, 0.5) is 11.6 Å². The predicted molar refractivity (Wildman–Crippen MR) is 192 cm³/mol. The summed E-state index contributed by atoms with van der Waals surface area (Å²) in [5, 5.41) is 24.2. The van der Waals surface area contributed by atoms with Gasteiger partial charge in [0.25, 0.3) is 11.8 Å². The SMILES string of the molecule is C.C.O=C(Nc1n[nH]c2c1CN(Cc1ccccc1)C2)c1cccs1.O=C(Nc1n[nH]c2c1CN(Cc1ccccn1)C2)c1cccs1. The number of nitrogens with zero attached hydrogens (tertiary/aromatic N) is 5. The molecule has 11 nitrogen and oxygen atoms in total. The first kappa shape index (κ1) is 34.4. The van der Waals surface area contributed by atoms with Gasteiger partial charge in [-0.3, -0.25) is 34.6 Å². The van der Waals surface area contributed by atoms with Crippen molar-refractivity contribution >= 4 is 46.1 Å². The molecule has 2 aliphatic rings. The first-order valence-corrected chi connectivity index (χ1v) is 16.6. The van der Waals surface area contributed by atoms with Gasteiger partial charge in [0.15, 0.2) is 11.6 Å². The lowest BCUT2D eigenvalue weighted by Gasteiger charge is -2.15. The highest BCUT2D eigenvalue weighted by atomic mass is 32.1. The fraction of sp³-hybridized carbons (Fsp3) is 0.229. The van der Waals surface area contributed by atoms with Gasteiger partial charge in [-0.15, -0.1) is 22.7 Å². The van der Waals surface area contributed by atoms with E-state index >= 15 is 0 Å². The van der Waals surface area contributed by atoms with Gasteiger partial charge in [-0.1, -0.05) is 63.4 Å². The first-order chi connectivity index (χ1) is 22.6. The second kappa shape index (κ2) is 15.8. The van der Waals surface area contributed by atoms with Crippen LogP contribution in [0.25, 0.3) is 0 Å². The van der Waals surface area contributed by atoms with E-state index in [0.717, 1.165) is 67.5 Å². The number of carbonyl (C=O) groups is 2. The lowest BCUT2D eigenvalue weighted by Crippen LogP contribution is -2.18. The summed E-state index contributed by atoms with van der Waals surface area (Å²) in [5.74, 6) is 1.06. The minimum absolute atomic E-state index is 0. The molecular weight excluding hydrogens is 643 g/mol. The van der Waals surface area contributed by atoms with Crippen molar-refractivity contribution in [2.24, 2.45) is 0 Å². The number of aromatic amines is 2. The molecule has 0 saturated carbocycles. The van der Waals surface area contributed by atoms with Crippen molar-refractivity contribution < 1.29 is 9.59 Å². The molecule has 1 aromatic carbocycles. The third kappa shape index (κ3) is 7.94. The standard InChI is InChI=1S/C17H16N4OS.C16H15N5OS.2CH4/c22-17(15-7-4-8-23-15)18-16-13-10-21(11-14(13)19-20-16)9-12-5-2-1-3-6-12;22-16(14-5-3-7-23-14)18-15-12-9-21(10-13(12)19-20-15)8-11-4-1-2-6-17-11;;/h1-8H,9-11H2,(H2,18,19,20,22);1-7H,8-10H2,(H2,18,19,20,22);2*1H4. The lowest BCUT2D eigenvalue weighted by molar-refractivity contribution is 0.102. The van der Waals surface area contributed by atoms with E-state index in [0.29, 0.717) is 21.4 Å². The van der Waals surface area contributed by atoms with Crippen LogP contribution in [0.2, 0.25) is 0 Å². The van der Waals surface area contributed by atoms with Gasteiger partial charge in [0, 0.05) is 56.6 Å². The third-order valence-electron chi connectivity index (χ3n) is 7.75. The zero-order chi connectivity index (χ0) is 31.3. The minimum atomic E-state index is -0.113. The van der Waals surface area contributed by atoms with Crippen LogP contribution in [-0.2, 0) is 39.3 Å². The molecule has 0 bridgehead atoms. The number of thiophene rings is 2. The predicted octanol–water partition coefficient (Wildman–Crippen LogP) is 7.15. The van der Waals surface area contributed by atoms with Crippen molar-refractivity contribution in [2.75, 3.05) is 10.6 Å². The molecule has 6 aromatic rings. The van der Waals surface area contributed by atoms with E-state index in [1.807, 2.05) is 53.2 Å². The molecule has 2 aliphatic heterocycles. The van der Waals surface area contributed by atoms with Gasteiger partial charge >= 0.3 is 0 Å². The number of pyridine rings is 1. The molecule has 0 saturated heterocycles. The number of amides is 2. The highest BCUT2D eigenvalue weighted by molar-refractivity contribution is 7.12. The number of carbonyl (C=O) groups excluding carboxylic acids is 2. The molecule has 4 N–H and O–H groups in total. The molecule has 0 unspecified atom stereocenters. The smallest absolute Gasteiger partial charge is 0.266 e. The summed E-state index contributed by atoms with van der Waals surface area (Å²) in [5.41, 5.74) is 6.62. The van der Waals surface area contributed by atoms with E-state index in [4.69, 9.17) is 0 Å². The van der Waals surface area contributed by atoms with E-state index in [1.165, 1.54) is 28.2 Å². The molecule has 0 radical (unpaired) electrons. The van der Waals surface area contributed by atoms with Crippen molar-refractivity contribution in [1.29, 1.82) is 0 Å². The summed E-state index contributed by atoms with van der Waals surface area (Å²) in [6.07, 6.45) is 1.80. The average Bonchev–Trinajstić information content (AvgIpc) is 3.91. The molecule has 13 heteroatoms. The van der Waals surface area contributed by atoms with Gasteiger partial charge < -0.3 is 10.6 Å². The number of H-pyrrole nitrogens is 2. The lowest BCUT2D eigenvalue weighted by atomic mass is 10.2. The van der Waals surface area contributed by atoms with Crippen LogP contribution < -0.4 is 10.6 Å². The van der Waals surface area contributed by atoms with Crippen LogP contribution in [0.1, 0.15) is 68.0 Å². The van der Waals surface area contributed by atoms with E-state index in [9.17, 15) is 9.59 Å². The van der Waals surface area contributed by atoms with Crippen molar-refractivity contribution in [3.05, 3.63) is 133 Å². The molecule has 0 spiro atoms. The Morgan fingerprint density at radius 2 is 1.21 bits per heavy atom. The first-order valence-electron chi connectivity index (χ1n) is 14.8. The van der Waals surface area contributed by atoms with E-state index in [1.54, 1.807) is 12.3 Å².